The highest BCUT2D eigenvalue weighted by atomic mass is 16.5. The monoisotopic (exact) mass is 819 g/mol. The number of hydrogen-bond donors (Lipinski definition) is 0. The molecule has 2 aliphatic rings. The van der Waals surface area contributed by atoms with Gasteiger partial charge in [-0.05, 0) is 105 Å². The molecule has 302 valence electrons. The summed E-state index contributed by atoms with van der Waals surface area (Å²) < 4.78 is 7.19. The van der Waals surface area contributed by atoms with Crippen LogP contribution < -0.4 is 4.74 Å². The first-order valence-electron chi connectivity index (χ1n) is 21.8. The van der Waals surface area contributed by atoms with Gasteiger partial charge in [0, 0.05) is 51.5 Å². The summed E-state index contributed by atoms with van der Waals surface area (Å²) in [6.07, 6.45) is 3.84. The second-order valence-corrected chi connectivity index (χ2v) is 16.8. The van der Waals surface area contributed by atoms with Crippen molar-refractivity contribution in [2.24, 2.45) is 0 Å². The number of para-hydroxylation sites is 2. The zero-order chi connectivity index (χ0) is 42.8. The molecule has 0 amide bonds. The molecule has 0 radical (unpaired) electrons. The third-order valence-electron chi connectivity index (χ3n) is 13.0. The first kappa shape index (κ1) is 37.5. The largest absolute Gasteiger partial charge is 0.456 e. The molecule has 12 rings (SSSR count). The van der Waals surface area contributed by atoms with E-state index >= 15 is 0 Å². The molecule has 1 aliphatic carbocycles. The molecule has 10 aromatic rings. The Kier molecular flexibility index (Phi) is 8.80. The van der Waals surface area contributed by atoms with Gasteiger partial charge in [0.15, 0.2) is 5.82 Å². The van der Waals surface area contributed by atoms with Crippen molar-refractivity contribution in [1.82, 2.24) is 15.0 Å². The average molecular weight is 820 g/mol. The number of nitrogens with zero attached hydrogens (tertiary/aromatic N) is 3. The van der Waals surface area contributed by atoms with E-state index in [0.29, 0.717) is 5.82 Å². The topological polar surface area (TPSA) is 47.9 Å². The van der Waals surface area contributed by atoms with Gasteiger partial charge < -0.3 is 4.74 Å². The molecule has 1 atom stereocenters. The van der Waals surface area contributed by atoms with E-state index in [-0.39, 0.29) is 0 Å². The summed E-state index contributed by atoms with van der Waals surface area (Å²) in [7, 11) is 0. The lowest BCUT2D eigenvalue weighted by molar-refractivity contribution is 0.438. The van der Waals surface area contributed by atoms with E-state index in [0.717, 1.165) is 95.2 Å². The Labute approximate surface area is 373 Å². The van der Waals surface area contributed by atoms with Crippen LogP contribution in [0.1, 0.15) is 33.5 Å². The molecule has 0 fully saturated rings. The summed E-state index contributed by atoms with van der Waals surface area (Å²) in [5.74, 6) is 2.39. The Morgan fingerprint density at radius 3 is 1.83 bits per heavy atom. The van der Waals surface area contributed by atoms with Crippen LogP contribution in [0.5, 0.6) is 11.5 Å². The van der Waals surface area contributed by atoms with Gasteiger partial charge in [-0.15, -0.1) is 0 Å². The summed E-state index contributed by atoms with van der Waals surface area (Å²) in [5.41, 5.74) is 20.2. The highest BCUT2D eigenvalue weighted by Gasteiger charge is 2.51. The number of pyridine rings is 1. The number of fused-ring (bicyclic) bond motifs is 9. The standard InChI is InChI=1S/C60H41N3O/c1-38-32-44(37-61-36-38)41-18-14-19-42(34-41)46-21-6-8-22-47(46)51-25-15-28-54-58(51)64-57-29-13-12-27-53(57)60(54)52-26-11-10-23-48(52)49-31-30-43(35-55(49)60)59-62-39(2)33-56(63-59)50-24-9-7-20-45(50)40-16-4-3-5-17-40/h3-37H,1-2H3. The molecule has 8 aromatic carbocycles. The van der Waals surface area contributed by atoms with E-state index in [1.807, 2.05) is 12.4 Å². The zero-order valence-electron chi connectivity index (χ0n) is 35.5. The summed E-state index contributed by atoms with van der Waals surface area (Å²) in [6, 6.07) is 71.7. The van der Waals surface area contributed by atoms with Crippen LogP contribution in [0.15, 0.2) is 213 Å². The molecule has 0 saturated carbocycles. The maximum absolute atomic E-state index is 7.19. The first-order chi connectivity index (χ1) is 31.5. The van der Waals surface area contributed by atoms with Crippen LogP contribution >= 0.6 is 0 Å². The molecule has 0 saturated heterocycles. The minimum Gasteiger partial charge on any atom is -0.456 e. The zero-order valence-corrected chi connectivity index (χ0v) is 35.5. The third-order valence-corrected chi connectivity index (χ3v) is 13.0. The maximum atomic E-state index is 7.19. The first-order valence-corrected chi connectivity index (χ1v) is 21.8. The van der Waals surface area contributed by atoms with Crippen LogP contribution in [0.4, 0.5) is 0 Å². The molecule has 2 aromatic heterocycles. The SMILES string of the molecule is Cc1cncc(-c2cccc(-c3ccccc3-c3cccc4c3Oc3ccccc3C43c4ccccc4-c4ccc(-c5nc(C)cc(-c6ccccc6-c6ccccc6)n5)cc43)c2)c1. The molecule has 64 heavy (non-hydrogen) atoms. The van der Waals surface area contributed by atoms with Crippen LogP contribution in [-0.2, 0) is 5.41 Å². The lowest BCUT2D eigenvalue weighted by atomic mass is 9.65. The number of hydrogen-bond acceptors (Lipinski definition) is 4. The van der Waals surface area contributed by atoms with E-state index in [1.165, 1.54) is 22.3 Å². The summed E-state index contributed by atoms with van der Waals surface area (Å²) in [4.78, 5) is 14.9. The van der Waals surface area contributed by atoms with Crippen molar-refractivity contribution in [3.8, 4) is 89.8 Å². The van der Waals surface area contributed by atoms with Crippen LogP contribution in [0.3, 0.4) is 0 Å². The Balaban J connectivity index is 1.06. The van der Waals surface area contributed by atoms with Gasteiger partial charge in [0.2, 0.25) is 0 Å². The van der Waals surface area contributed by atoms with E-state index in [4.69, 9.17) is 14.7 Å². The molecular formula is C60H41N3O. The van der Waals surface area contributed by atoms with Gasteiger partial charge in [0.25, 0.3) is 0 Å². The van der Waals surface area contributed by atoms with E-state index in [2.05, 4.69) is 219 Å². The Morgan fingerprint density at radius 1 is 0.375 bits per heavy atom. The fraction of sp³-hybridized carbons (Fsp3) is 0.0500. The van der Waals surface area contributed by atoms with E-state index in [9.17, 15) is 0 Å². The average Bonchev–Trinajstić information content (AvgIpc) is 3.64. The van der Waals surface area contributed by atoms with Crippen molar-refractivity contribution in [3.63, 3.8) is 0 Å². The molecule has 4 nitrogen and oxygen atoms in total. The van der Waals surface area contributed by atoms with E-state index in [1.54, 1.807) is 0 Å². The highest BCUT2D eigenvalue weighted by Crippen LogP contribution is 2.63. The molecule has 3 heterocycles. The van der Waals surface area contributed by atoms with Gasteiger partial charge in [-0.25, -0.2) is 9.97 Å². The summed E-state index contributed by atoms with van der Waals surface area (Å²) in [5, 5.41) is 0. The predicted molar refractivity (Wildman–Crippen MR) is 259 cm³/mol. The van der Waals surface area contributed by atoms with Crippen molar-refractivity contribution in [2.75, 3.05) is 0 Å². The lowest BCUT2D eigenvalue weighted by Crippen LogP contribution is -2.32. The molecule has 1 unspecified atom stereocenters. The highest BCUT2D eigenvalue weighted by molar-refractivity contribution is 5.94. The van der Waals surface area contributed by atoms with E-state index < -0.39 is 5.41 Å². The quantitative estimate of drug-likeness (QED) is 0.168. The number of aryl methyl sites for hydroxylation is 2. The fourth-order valence-corrected chi connectivity index (χ4v) is 10.2. The van der Waals surface area contributed by atoms with Gasteiger partial charge in [-0.1, -0.05) is 170 Å². The molecule has 0 N–H and O–H groups in total. The second kappa shape index (κ2) is 15.0. The van der Waals surface area contributed by atoms with Crippen molar-refractivity contribution in [3.05, 3.63) is 246 Å². The Hall–Kier alpha value is -8.21. The smallest absolute Gasteiger partial charge is 0.160 e. The minimum atomic E-state index is -0.693. The third kappa shape index (κ3) is 5.95. The van der Waals surface area contributed by atoms with Crippen molar-refractivity contribution >= 4 is 0 Å². The van der Waals surface area contributed by atoms with Crippen LogP contribution in [0.25, 0.3) is 78.3 Å². The van der Waals surface area contributed by atoms with Gasteiger partial charge in [0.1, 0.15) is 11.5 Å². The molecule has 1 aliphatic heterocycles. The van der Waals surface area contributed by atoms with Crippen molar-refractivity contribution in [1.29, 1.82) is 0 Å². The van der Waals surface area contributed by atoms with Crippen LogP contribution in [0, 0.1) is 13.8 Å². The Morgan fingerprint density at radius 2 is 1.00 bits per heavy atom. The van der Waals surface area contributed by atoms with Gasteiger partial charge in [-0.2, -0.15) is 0 Å². The summed E-state index contributed by atoms with van der Waals surface area (Å²) in [6.45, 7) is 4.14. The van der Waals surface area contributed by atoms with Crippen molar-refractivity contribution < 1.29 is 4.74 Å². The molecule has 1 spiro atoms. The number of benzene rings is 8. The Bertz CT molecular complexity index is 3460. The predicted octanol–water partition coefficient (Wildman–Crippen LogP) is 15.0. The van der Waals surface area contributed by atoms with Gasteiger partial charge >= 0.3 is 0 Å². The van der Waals surface area contributed by atoms with Gasteiger partial charge in [-0.3, -0.25) is 4.98 Å². The maximum Gasteiger partial charge on any atom is 0.160 e. The minimum absolute atomic E-state index is 0.693. The van der Waals surface area contributed by atoms with Crippen LogP contribution in [0.2, 0.25) is 0 Å². The normalized spacial score (nSPS) is 14.3. The molecule has 4 heteroatoms. The lowest BCUT2D eigenvalue weighted by Gasteiger charge is -2.40. The molecule has 0 bridgehead atoms. The van der Waals surface area contributed by atoms with Crippen LogP contribution in [-0.4, -0.2) is 15.0 Å². The van der Waals surface area contributed by atoms with Crippen molar-refractivity contribution in [2.45, 2.75) is 19.3 Å². The second-order valence-electron chi connectivity index (χ2n) is 16.8. The molecular weight excluding hydrogens is 779 g/mol. The fourth-order valence-electron chi connectivity index (χ4n) is 10.2. The number of ether oxygens (including phenoxy) is 1. The van der Waals surface area contributed by atoms with Gasteiger partial charge in [0.05, 0.1) is 11.1 Å². The number of aromatic nitrogens is 3. The summed E-state index contributed by atoms with van der Waals surface area (Å²) >= 11 is 0. The number of rotatable bonds is 6.